The van der Waals surface area contributed by atoms with Crippen LogP contribution in [-0.2, 0) is 15.6 Å². The van der Waals surface area contributed by atoms with E-state index < -0.39 is 9.84 Å². The van der Waals surface area contributed by atoms with Crippen molar-refractivity contribution in [3.05, 3.63) is 64.2 Å². The average Bonchev–Trinajstić information content (AvgIpc) is 2.41. The standard InChI is InChI=1S/C15H12ClNO2S/c1-11-2-6-14(7-3-11)20(18,19)10-13-5-4-12(9-17)8-15(13)16/h2-8H,10H2,1H3. The second-order valence-corrected chi connectivity index (χ2v) is 6.89. The van der Waals surface area contributed by atoms with E-state index in [2.05, 4.69) is 0 Å². The molecule has 0 saturated carbocycles. The number of nitrogens with zero attached hydrogens (tertiary/aromatic N) is 1. The first-order valence-electron chi connectivity index (χ1n) is 5.90. The molecule has 0 unspecified atom stereocenters. The highest BCUT2D eigenvalue weighted by Crippen LogP contribution is 2.23. The molecule has 0 bridgehead atoms. The molecule has 3 nitrogen and oxygen atoms in total. The fourth-order valence-electron chi connectivity index (χ4n) is 1.77. The normalized spacial score (nSPS) is 11.1. The van der Waals surface area contributed by atoms with Gasteiger partial charge in [0.15, 0.2) is 9.84 Å². The molecule has 0 amide bonds. The van der Waals surface area contributed by atoms with Crippen LogP contribution in [-0.4, -0.2) is 8.42 Å². The first kappa shape index (κ1) is 14.6. The zero-order valence-corrected chi connectivity index (χ0v) is 12.4. The molecule has 0 aromatic heterocycles. The Morgan fingerprint density at radius 1 is 1.15 bits per heavy atom. The van der Waals surface area contributed by atoms with E-state index in [4.69, 9.17) is 16.9 Å². The average molecular weight is 306 g/mol. The van der Waals surface area contributed by atoms with Gasteiger partial charge < -0.3 is 0 Å². The van der Waals surface area contributed by atoms with Crippen LogP contribution in [0.15, 0.2) is 47.4 Å². The van der Waals surface area contributed by atoms with Crippen LogP contribution < -0.4 is 0 Å². The number of hydrogen-bond donors (Lipinski definition) is 0. The van der Waals surface area contributed by atoms with Gasteiger partial charge in [-0.2, -0.15) is 5.26 Å². The zero-order valence-electron chi connectivity index (χ0n) is 10.8. The fraction of sp³-hybridized carbons (Fsp3) is 0.133. The minimum Gasteiger partial charge on any atom is -0.223 e. The van der Waals surface area contributed by atoms with E-state index >= 15 is 0 Å². The summed E-state index contributed by atoms with van der Waals surface area (Å²) >= 11 is 6.01. The van der Waals surface area contributed by atoms with Crippen molar-refractivity contribution in [3.8, 4) is 6.07 Å². The molecule has 102 valence electrons. The fourth-order valence-corrected chi connectivity index (χ4v) is 3.47. The highest BCUT2D eigenvalue weighted by atomic mass is 35.5. The highest BCUT2D eigenvalue weighted by molar-refractivity contribution is 7.90. The van der Waals surface area contributed by atoms with Crippen LogP contribution in [0.25, 0.3) is 0 Å². The van der Waals surface area contributed by atoms with Crippen molar-refractivity contribution in [1.29, 1.82) is 5.26 Å². The SMILES string of the molecule is Cc1ccc(S(=O)(=O)Cc2ccc(C#N)cc2Cl)cc1. The number of nitriles is 1. The quantitative estimate of drug-likeness (QED) is 0.872. The molecule has 2 aromatic carbocycles. The zero-order chi connectivity index (χ0) is 14.8. The lowest BCUT2D eigenvalue weighted by atomic mass is 10.2. The van der Waals surface area contributed by atoms with Gasteiger partial charge in [0.25, 0.3) is 0 Å². The molecule has 0 N–H and O–H groups in total. The summed E-state index contributed by atoms with van der Waals surface area (Å²) < 4.78 is 24.6. The van der Waals surface area contributed by atoms with Crippen LogP contribution in [0.4, 0.5) is 0 Å². The van der Waals surface area contributed by atoms with E-state index in [-0.39, 0.29) is 10.6 Å². The molecule has 20 heavy (non-hydrogen) atoms. The molecule has 0 saturated heterocycles. The van der Waals surface area contributed by atoms with E-state index in [0.29, 0.717) is 16.1 Å². The van der Waals surface area contributed by atoms with Gasteiger partial charge in [-0.1, -0.05) is 35.4 Å². The second kappa shape index (κ2) is 5.66. The summed E-state index contributed by atoms with van der Waals surface area (Å²) in [6, 6.07) is 13.3. The van der Waals surface area contributed by atoms with Gasteiger partial charge >= 0.3 is 0 Å². The summed E-state index contributed by atoms with van der Waals surface area (Å²) in [6.07, 6.45) is 0. The van der Waals surface area contributed by atoms with Crippen LogP contribution >= 0.6 is 11.6 Å². The Morgan fingerprint density at radius 2 is 1.80 bits per heavy atom. The molecule has 0 aliphatic rings. The Balaban J connectivity index is 2.34. The summed E-state index contributed by atoms with van der Waals surface area (Å²) in [6.45, 7) is 1.90. The van der Waals surface area contributed by atoms with Crippen LogP contribution in [0.5, 0.6) is 0 Å². The number of benzene rings is 2. The molecule has 5 heteroatoms. The van der Waals surface area contributed by atoms with E-state index in [1.807, 2.05) is 13.0 Å². The van der Waals surface area contributed by atoms with Crippen molar-refractivity contribution in [1.82, 2.24) is 0 Å². The van der Waals surface area contributed by atoms with Gasteiger partial charge in [-0.05, 0) is 36.8 Å². The molecule has 0 spiro atoms. The van der Waals surface area contributed by atoms with Gasteiger partial charge in [0.1, 0.15) is 0 Å². The van der Waals surface area contributed by atoms with Crippen molar-refractivity contribution < 1.29 is 8.42 Å². The molecule has 2 aromatic rings. The van der Waals surface area contributed by atoms with Gasteiger partial charge in [-0.25, -0.2) is 8.42 Å². The molecule has 0 heterocycles. The molecular weight excluding hydrogens is 294 g/mol. The summed E-state index contributed by atoms with van der Waals surface area (Å²) in [5, 5.41) is 9.05. The number of sulfone groups is 1. The topological polar surface area (TPSA) is 57.9 Å². The largest absolute Gasteiger partial charge is 0.223 e. The molecule has 0 radical (unpaired) electrons. The Bertz CT molecular complexity index is 775. The van der Waals surface area contributed by atoms with Gasteiger partial charge in [-0.15, -0.1) is 0 Å². The maximum absolute atomic E-state index is 12.3. The van der Waals surface area contributed by atoms with Crippen molar-refractivity contribution in [3.63, 3.8) is 0 Å². The lowest BCUT2D eigenvalue weighted by Gasteiger charge is -2.07. The van der Waals surface area contributed by atoms with Crippen molar-refractivity contribution in [2.24, 2.45) is 0 Å². The minimum absolute atomic E-state index is 0.180. The Hall–Kier alpha value is -1.83. The Morgan fingerprint density at radius 3 is 2.35 bits per heavy atom. The number of hydrogen-bond acceptors (Lipinski definition) is 3. The van der Waals surface area contributed by atoms with E-state index in [0.717, 1.165) is 5.56 Å². The van der Waals surface area contributed by atoms with Crippen molar-refractivity contribution in [2.45, 2.75) is 17.6 Å². The van der Waals surface area contributed by atoms with Gasteiger partial charge in [0, 0.05) is 5.02 Å². The first-order valence-corrected chi connectivity index (χ1v) is 7.93. The maximum Gasteiger partial charge on any atom is 0.182 e. The molecule has 0 aliphatic heterocycles. The Kier molecular flexibility index (Phi) is 4.12. The predicted octanol–water partition coefficient (Wildman–Crippen LogP) is 3.49. The smallest absolute Gasteiger partial charge is 0.182 e. The third kappa shape index (κ3) is 3.19. The summed E-state index contributed by atoms with van der Waals surface area (Å²) in [7, 11) is -3.44. The van der Waals surface area contributed by atoms with Crippen LogP contribution in [0.3, 0.4) is 0 Å². The summed E-state index contributed by atoms with van der Waals surface area (Å²) in [5.41, 5.74) is 1.90. The van der Waals surface area contributed by atoms with Crippen molar-refractivity contribution >= 4 is 21.4 Å². The van der Waals surface area contributed by atoms with E-state index in [1.54, 1.807) is 36.4 Å². The monoisotopic (exact) mass is 305 g/mol. The molecular formula is C15H12ClNO2S. The van der Waals surface area contributed by atoms with E-state index in [9.17, 15) is 8.42 Å². The molecule has 2 rings (SSSR count). The summed E-state index contributed by atoms with van der Waals surface area (Å²) in [4.78, 5) is 0.267. The maximum atomic E-state index is 12.3. The highest BCUT2D eigenvalue weighted by Gasteiger charge is 2.17. The molecule has 0 aliphatic carbocycles. The first-order chi connectivity index (χ1) is 9.42. The second-order valence-electron chi connectivity index (χ2n) is 4.49. The number of halogens is 1. The van der Waals surface area contributed by atoms with Crippen molar-refractivity contribution in [2.75, 3.05) is 0 Å². The van der Waals surface area contributed by atoms with Gasteiger partial charge in [0.2, 0.25) is 0 Å². The van der Waals surface area contributed by atoms with Gasteiger partial charge in [0.05, 0.1) is 22.3 Å². The third-order valence-corrected chi connectivity index (χ3v) is 4.94. The van der Waals surface area contributed by atoms with Crippen LogP contribution in [0.2, 0.25) is 5.02 Å². The number of rotatable bonds is 3. The van der Waals surface area contributed by atoms with Crippen LogP contribution in [0.1, 0.15) is 16.7 Å². The molecule has 0 fully saturated rings. The summed E-state index contributed by atoms with van der Waals surface area (Å²) in [5.74, 6) is -0.180. The minimum atomic E-state index is -3.44. The molecule has 0 atom stereocenters. The third-order valence-electron chi connectivity index (χ3n) is 2.91. The lowest BCUT2D eigenvalue weighted by Crippen LogP contribution is -2.05. The predicted molar refractivity (Wildman–Crippen MR) is 78.2 cm³/mol. The lowest BCUT2D eigenvalue weighted by molar-refractivity contribution is 0.595. The number of aryl methyl sites for hydroxylation is 1. The Labute approximate surface area is 123 Å². The van der Waals surface area contributed by atoms with Crippen LogP contribution in [0, 0.1) is 18.3 Å². The van der Waals surface area contributed by atoms with Gasteiger partial charge in [-0.3, -0.25) is 0 Å². The van der Waals surface area contributed by atoms with E-state index in [1.165, 1.54) is 6.07 Å².